The van der Waals surface area contributed by atoms with E-state index in [-0.39, 0.29) is 25.1 Å². The molecule has 0 aromatic heterocycles. The summed E-state index contributed by atoms with van der Waals surface area (Å²) < 4.78 is 38.1. The van der Waals surface area contributed by atoms with Crippen molar-refractivity contribution >= 4 is 12.4 Å². The van der Waals surface area contributed by atoms with E-state index in [4.69, 9.17) is 9.47 Å². The molecule has 28 heavy (non-hydrogen) atoms. The first-order chi connectivity index (χ1) is 12.9. The molecule has 2 aromatic rings. The zero-order valence-corrected chi connectivity index (χ0v) is 16.8. The molecule has 0 spiro atoms. The van der Waals surface area contributed by atoms with Gasteiger partial charge in [-0.25, -0.2) is 8.78 Å². The number of β-amino-alcohol motifs (C(OH)–C–C–N with tert-alkyl or cyclic N) is 1. The third kappa shape index (κ3) is 5.64. The lowest BCUT2D eigenvalue weighted by Crippen LogP contribution is -2.43. The first-order valence-electron chi connectivity index (χ1n) is 9.10. The quantitative estimate of drug-likeness (QED) is 0.781. The topological polar surface area (TPSA) is 41.9 Å². The van der Waals surface area contributed by atoms with Crippen molar-refractivity contribution in [2.24, 2.45) is 0 Å². The van der Waals surface area contributed by atoms with Gasteiger partial charge >= 0.3 is 0 Å². The van der Waals surface area contributed by atoms with E-state index in [0.29, 0.717) is 31.8 Å². The summed E-state index contributed by atoms with van der Waals surface area (Å²) in [6, 6.07) is 9.74. The molecule has 2 aromatic carbocycles. The summed E-state index contributed by atoms with van der Waals surface area (Å²) in [4.78, 5) is 2.05. The summed E-state index contributed by atoms with van der Waals surface area (Å²) in [5, 5.41) is 10.4. The average Bonchev–Trinajstić information content (AvgIpc) is 2.64. The average molecular weight is 414 g/mol. The van der Waals surface area contributed by atoms with Crippen molar-refractivity contribution in [2.45, 2.75) is 26.1 Å². The van der Waals surface area contributed by atoms with E-state index >= 15 is 0 Å². The van der Waals surface area contributed by atoms with Gasteiger partial charge in [0.25, 0.3) is 0 Å². The molecule has 1 heterocycles. The van der Waals surface area contributed by atoms with Gasteiger partial charge in [0.05, 0.1) is 12.7 Å². The summed E-state index contributed by atoms with van der Waals surface area (Å²) in [7, 11) is 0. The van der Waals surface area contributed by atoms with E-state index in [1.807, 2.05) is 36.9 Å². The van der Waals surface area contributed by atoms with Gasteiger partial charge in [0.1, 0.15) is 18.5 Å². The van der Waals surface area contributed by atoms with Gasteiger partial charge in [-0.3, -0.25) is 4.90 Å². The molecular weight excluding hydrogens is 388 g/mol. The highest BCUT2D eigenvalue weighted by Crippen LogP contribution is 2.25. The Morgan fingerprint density at radius 3 is 2.57 bits per heavy atom. The Balaban J connectivity index is 0.00000280. The minimum atomic E-state index is -0.879. The van der Waals surface area contributed by atoms with Crippen LogP contribution in [0.5, 0.6) is 5.75 Å². The van der Waals surface area contributed by atoms with E-state index in [2.05, 4.69) is 0 Å². The Bertz CT molecular complexity index is 770. The van der Waals surface area contributed by atoms with Crippen LogP contribution in [-0.4, -0.2) is 49.0 Å². The molecule has 0 amide bonds. The van der Waals surface area contributed by atoms with Crippen LogP contribution >= 0.6 is 12.4 Å². The first kappa shape index (κ1) is 22.6. The van der Waals surface area contributed by atoms with Crippen LogP contribution in [0.2, 0.25) is 0 Å². The first-order valence-corrected chi connectivity index (χ1v) is 9.10. The van der Waals surface area contributed by atoms with Crippen LogP contribution in [0.1, 0.15) is 22.8 Å². The van der Waals surface area contributed by atoms with Gasteiger partial charge < -0.3 is 14.6 Å². The maximum absolute atomic E-state index is 13.5. The van der Waals surface area contributed by atoms with Crippen LogP contribution in [-0.2, 0) is 4.74 Å². The van der Waals surface area contributed by atoms with Gasteiger partial charge in [-0.15, -0.1) is 12.4 Å². The highest BCUT2D eigenvalue weighted by molar-refractivity contribution is 5.85. The number of nitrogens with zero attached hydrogens (tertiary/aromatic N) is 1. The zero-order valence-electron chi connectivity index (χ0n) is 16.0. The molecule has 0 saturated carbocycles. The molecule has 4 nitrogen and oxygen atoms in total. The molecule has 1 aliphatic rings. The SMILES string of the molecule is Cc1cccc(C)c1OCC(O)CN1CCOC(c2ccc(F)c(F)c2)C1.Cl. The molecule has 1 fully saturated rings. The van der Waals surface area contributed by atoms with Crippen LogP contribution in [0, 0.1) is 25.5 Å². The van der Waals surface area contributed by atoms with Gasteiger partial charge in [0, 0.05) is 19.6 Å². The summed E-state index contributed by atoms with van der Waals surface area (Å²) in [5.74, 6) is -0.945. The molecule has 7 heteroatoms. The summed E-state index contributed by atoms with van der Waals surface area (Å²) >= 11 is 0. The zero-order chi connectivity index (χ0) is 19.4. The summed E-state index contributed by atoms with van der Waals surface area (Å²) in [5.41, 5.74) is 2.67. The van der Waals surface area contributed by atoms with Crippen molar-refractivity contribution in [3.05, 3.63) is 64.7 Å². The lowest BCUT2D eigenvalue weighted by molar-refractivity contribution is -0.0461. The van der Waals surface area contributed by atoms with Crippen molar-refractivity contribution in [1.82, 2.24) is 4.90 Å². The van der Waals surface area contributed by atoms with E-state index in [1.54, 1.807) is 0 Å². The Morgan fingerprint density at radius 1 is 1.18 bits per heavy atom. The monoisotopic (exact) mass is 413 g/mol. The number of para-hydroxylation sites is 1. The molecule has 1 N–H and O–H groups in total. The third-order valence-electron chi connectivity index (χ3n) is 4.76. The molecule has 2 unspecified atom stereocenters. The second-order valence-electron chi connectivity index (χ2n) is 6.98. The molecular formula is C21H26ClF2NO3. The Kier molecular flexibility index (Phi) is 8.19. The maximum atomic E-state index is 13.5. The second-order valence-corrected chi connectivity index (χ2v) is 6.98. The maximum Gasteiger partial charge on any atom is 0.159 e. The van der Waals surface area contributed by atoms with Crippen LogP contribution in [0.3, 0.4) is 0 Å². The Hall–Kier alpha value is -1.73. The van der Waals surface area contributed by atoms with Gasteiger partial charge in [-0.2, -0.15) is 0 Å². The number of morpholine rings is 1. The van der Waals surface area contributed by atoms with Crippen molar-refractivity contribution in [2.75, 3.05) is 32.8 Å². The highest BCUT2D eigenvalue weighted by Gasteiger charge is 2.24. The van der Waals surface area contributed by atoms with Gasteiger partial charge in [-0.1, -0.05) is 24.3 Å². The van der Waals surface area contributed by atoms with Crippen molar-refractivity contribution in [3.63, 3.8) is 0 Å². The van der Waals surface area contributed by atoms with Crippen LogP contribution in [0.4, 0.5) is 8.78 Å². The minimum absolute atomic E-state index is 0. The number of hydrogen-bond donors (Lipinski definition) is 1. The number of aliphatic hydroxyl groups is 1. The van der Waals surface area contributed by atoms with Crippen LogP contribution in [0.15, 0.2) is 36.4 Å². The van der Waals surface area contributed by atoms with E-state index in [1.165, 1.54) is 12.1 Å². The largest absolute Gasteiger partial charge is 0.490 e. The van der Waals surface area contributed by atoms with Crippen molar-refractivity contribution in [3.8, 4) is 5.75 Å². The smallest absolute Gasteiger partial charge is 0.159 e. The highest BCUT2D eigenvalue weighted by atomic mass is 35.5. The lowest BCUT2D eigenvalue weighted by atomic mass is 10.1. The number of aryl methyl sites for hydroxylation is 2. The van der Waals surface area contributed by atoms with E-state index in [0.717, 1.165) is 22.9 Å². The minimum Gasteiger partial charge on any atom is -0.490 e. The van der Waals surface area contributed by atoms with E-state index in [9.17, 15) is 13.9 Å². The predicted molar refractivity (Wildman–Crippen MR) is 106 cm³/mol. The Morgan fingerprint density at radius 2 is 1.89 bits per heavy atom. The third-order valence-corrected chi connectivity index (χ3v) is 4.76. The number of halogens is 3. The lowest BCUT2D eigenvalue weighted by Gasteiger charge is -2.34. The number of hydrogen-bond acceptors (Lipinski definition) is 4. The second kappa shape index (κ2) is 10.2. The molecule has 0 bridgehead atoms. The van der Waals surface area contributed by atoms with Gasteiger partial charge in [0.15, 0.2) is 11.6 Å². The molecule has 0 radical (unpaired) electrons. The van der Waals surface area contributed by atoms with Crippen molar-refractivity contribution in [1.29, 1.82) is 0 Å². The fourth-order valence-corrected chi connectivity index (χ4v) is 3.34. The molecule has 0 aliphatic carbocycles. The van der Waals surface area contributed by atoms with Crippen LogP contribution < -0.4 is 4.74 Å². The standard InChI is InChI=1S/C21H25F2NO3.ClH/c1-14-4-3-5-15(2)21(14)27-13-17(25)11-24-8-9-26-20(12-24)16-6-7-18(22)19(23)10-16;/h3-7,10,17,20,25H,8-9,11-13H2,1-2H3;1H. The molecule has 3 rings (SSSR count). The molecule has 154 valence electrons. The fourth-order valence-electron chi connectivity index (χ4n) is 3.34. The molecule has 1 aliphatic heterocycles. The number of benzene rings is 2. The summed E-state index contributed by atoms with van der Waals surface area (Å²) in [6.07, 6.45) is -1.01. The predicted octanol–water partition coefficient (Wildman–Crippen LogP) is 3.82. The fraction of sp³-hybridized carbons (Fsp3) is 0.429. The normalized spacial score (nSPS) is 18.4. The van der Waals surface area contributed by atoms with Crippen molar-refractivity contribution < 1.29 is 23.4 Å². The Labute approximate surface area is 170 Å². The summed E-state index contributed by atoms with van der Waals surface area (Å²) in [6.45, 7) is 6.21. The van der Waals surface area contributed by atoms with Gasteiger partial charge in [0.2, 0.25) is 0 Å². The molecule has 1 saturated heterocycles. The number of ether oxygens (including phenoxy) is 2. The van der Waals surface area contributed by atoms with E-state index < -0.39 is 17.7 Å². The van der Waals surface area contributed by atoms with Gasteiger partial charge in [-0.05, 0) is 42.7 Å². The van der Waals surface area contributed by atoms with Crippen LogP contribution in [0.25, 0.3) is 0 Å². The number of aliphatic hydroxyl groups excluding tert-OH is 1. The molecule has 2 atom stereocenters. The number of rotatable bonds is 6.